The predicted octanol–water partition coefficient (Wildman–Crippen LogP) is 4.01. The third-order valence-corrected chi connectivity index (χ3v) is 5.01. The van der Waals surface area contributed by atoms with Gasteiger partial charge in [-0.05, 0) is 43.9 Å². The summed E-state index contributed by atoms with van der Waals surface area (Å²) >= 11 is 0. The molecule has 1 aliphatic carbocycles. The molecule has 4 rings (SSSR count). The lowest BCUT2D eigenvalue weighted by molar-refractivity contribution is -0.137. The Bertz CT molecular complexity index is 1030. The normalized spacial score (nSPS) is 20.4. The zero-order valence-electron chi connectivity index (χ0n) is 14.7. The van der Waals surface area contributed by atoms with Crippen LogP contribution in [0.5, 0.6) is 11.6 Å². The number of hydrogen-bond acceptors (Lipinski definition) is 4. The van der Waals surface area contributed by atoms with Crippen molar-refractivity contribution in [1.82, 2.24) is 14.5 Å². The molecular formula is C19H18F3N3O3. The van der Waals surface area contributed by atoms with Crippen LogP contribution in [0.1, 0.15) is 37.3 Å². The van der Waals surface area contributed by atoms with Crippen LogP contribution in [0.4, 0.5) is 13.2 Å². The molecule has 0 saturated heterocycles. The summed E-state index contributed by atoms with van der Waals surface area (Å²) in [5.74, 6) is 0.390. The number of fused-ring (bicyclic) bond motifs is 1. The van der Waals surface area contributed by atoms with Gasteiger partial charge in [0.05, 0.1) is 22.7 Å². The van der Waals surface area contributed by atoms with Gasteiger partial charge in [-0.1, -0.05) is 0 Å². The molecule has 1 aliphatic rings. The highest BCUT2D eigenvalue weighted by Gasteiger charge is 2.30. The van der Waals surface area contributed by atoms with E-state index in [9.17, 15) is 23.1 Å². The molecule has 6 nitrogen and oxygen atoms in total. The minimum Gasteiger partial charge on any atom is -0.439 e. The van der Waals surface area contributed by atoms with Crippen LogP contribution in [-0.4, -0.2) is 25.7 Å². The van der Waals surface area contributed by atoms with Gasteiger partial charge in [0.25, 0.3) is 0 Å². The van der Waals surface area contributed by atoms with E-state index in [0.29, 0.717) is 48.7 Å². The number of benzene rings is 1. The van der Waals surface area contributed by atoms with Gasteiger partial charge in [0.15, 0.2) is 0 Å². The molecule has 0 radical (unpaired) electrons. The van der Waals surface area contributed by atoms with Crippen molar-refractivity contribution >= 4 is 11.0 Å². The van der Waals surface area contributed by atoms with Gasteiger partial charge in [-0.25, -0.2) is 9.78 Å². The molecule has 148 valence electrons. The molecule has 1 aromatic carbocycles. The van der Waals surface area contributed by atoms with Gasteiger partial charge in [0.2, 0.25) is 5.88 Å². The Morgan fingerprint density at radius 1 is 1.14 bits per heavy atom. The van der Waals surface area contributed by atoms with E-state index >= 15 is 0 Å². The number of aliphatic hydroxyl groups is 1. The van der Waals surface area contributed by atoms with Gasteiger partial charge < -0.3 is 14.8 Å². The molecule has 0 unspecified atom stereocenters. The molecule has 2 heterocycles. The number of nitrogens with one attached hydrogen (secondary N) is 1. The molecule has 0 amide bonds. The predicted molar refractivity (Wildman–Crippen MR) is 95.4 cm³/mol. The minimum absolute atomic E-state index is 0.0240. The van der Waals surface area contributed by atoms with Crippen LogP contribution in [0.15, 0.2) is 41.3 Å². The number of ether oxygens (including phenoxy) is 1. The van der Waals surface area contributed by atoms with Crippen molar-refractivity contribution in [3.63, 3.8) is 0 Å². The number of aromatic nitrogens is 3. The summed E-state index contributed by atoms with van der Waals surface area (Å²) in [5.41, 5.74) is 0.204. The van der Waals surface area contributed by atoms with Crippen LogP contribution in [0.2, 0.25) is 0 Å². The summed E-state index contributed by atoms with van der Waals surface area (Å²) in [6.07, 6.45) is -1.42. The molecule has 0 spiro atoms. The lowest BCUT2D eigenvalue weighted by Gasteiger charge is -2.26. The summed E-state index contributed by atoms with van der Waals surface area (Å²) in [6, 6.07) is 7.00. The molecular weight excluding hydrogens is 375 g/mol. The van der Waals surface area contributed by atoms with Gasteiger partial charge in [-0.3, -0.25) is 4.57 Å². The molecule has 0 atom stereocenters. The Morgan fingerprint density at radius 3 is 2.54 bits per heavy atom. The molecule has 1 saturated carbocycles. The SMILES string of the molecule is O=c1[nH]c2ccc(Oc3ccc(C(F)(F)F)cn3)cc2n1C1CCC(O)CC1. The topological polar surface area (TPSA) is 80.1 Å². The zero-order chi connectivity index (χ0) is 19.9. The Balaban J connectivity index is 1.62. The van der Waals surface area contributed by atoms with Crippen LogP contribution in [0, 0.1) is 0 Å². The van der Waals surface area contributed by atoms with Crippen molar-refractivity contribution in [1.29, 1.82) is 0 Å². The van der Waals surface area contributed by atoms with Crippen LogP contribution in [0.3, 0.4) is 0 Å². The van der Waals surface area contributed by atoms with E-state index in [0.717, 1.165) is 12.1 Å². The van der Waals surface area contributed by atoms with Gasteiger partial charge >= 0.3 is 11.9 Å². The van der Waals surface area contributed by atoms with Crippen LogP contribution < -0.4 is 10.4 Å². The van der Waals surface area contributed by atoms with Gasteiger partial charge in [-0.15, -0.1) is 0 Å². The maximum atomic E-state index is 12.6. The van der Waals surface area contributed by atoms with Crippen molar-refractivity contribution in [2.45, 2.75) is 44.0 Å². The largest absolute Gasteiger partial charge is 0.439 e. The van der Waals surface area contributed by atoms with Crippen LogP contribution in [0.25, 0.3) is 11.0 Å². The third kappa shape index (κ3) is 3.62. The summed E-state index contributed by atoms with van der Waals surface area (Å²) < 4.78 is 45.1. The van der Waals surface area contributed by atoms with E-state index in [1.807, 2.05) is 0 Å². The molecule has 1 fully saturated rings. The Morgan fingerprint density at radius 2 is 1.89 bits per heavy atom. The number of alkyl halides is 3. The number of aliphatic hydroxyl groups excluding tert-OH is 1. The zero-order valence-corrected chi connectivity index (χ0v) is 14.7. The number of halogens is 3. The fourth-order valence-corrected chi connectivity index (χ4v) is 3.57. The number of nitrogens with zero attached hydrogens (tertiary/aromatic N) is 2. The average molecular weight is 393 g/mol. The maximum absolute atomic E-state index is 12.6. The van der Waals surface area contributed by atoms with Gasteiger partial charge in [0, 0.05) is 24.4 Å². The van der Waals surface area contributed by atoms with Crippen molar-refractivity contribution in [3.05, 3.63) is 52.6 Å². The van der Waals surface area contributed by atoms with Crippen LogP contribution >= 0.6 is 0 Å². The Labute approximate surface area is 157 Å². The number of H-pyrrole nitrogens is 1. The molecule has 9 heteroatoms. The second-order valence-corrected chi connectivity index (χ2v) is 6.93. The van der Waals surface area contributed by atoms with E-state index in [1.54, 1.807) is 22.8 Å². The summed E-state index contributed by atoms with van der Waals surface area (Å²) in [7, 11) is 0. The summed E-state index contributed by atoms with van der Waals surface area (Å²) in [6.45, 7) is 0. The van der Waals surface area contributed by atoms with Crippen LogP contribution in [-0.2, 0) is 6.18 Å². The molecule has 28 heavy (non-hydrogen) atoms. The first-order valence-corrected chi connectivity index (χ1v) is 8.95. The Hall–Kier alpha value is -2.81. The van der Waals surface area contributed by atoms with Crippen molar-refractivity contribution in [3.8, 4) is 11.6 Å². The second-order valence-electron chi connectivity index (χ2n) is 6.93. The lowest BCUT2D eigenvalue weighted by atomic mass is 9.93. The first-order chi connectivity index (χ1) is 13.3. The standard InChI is InChI=1S/C19H18F3N3O3/c20-19(21,22)11-1-8-17(23-10-11)28-14-6-7-15-16(9-14)25(18(27)24-15)12-2-4-13(26)5-3-12/h1,6-10,12-13,26H,2-5H2,(H,24,27). The van der Waals surface area contributed by atoms with Gasteiger partial charge in [-0.2, -0.15) is 13.2 Å². The second kappa shape index (κ2) is 6.97. The Kier molecular flexibility index (Phi) is 4.62. The highest BCUT2D eigenvalue weighted by atomic mass is 19.4. The van der Waals surface area contributed by atoms with E-state index in [1.165, 1.54) is 0 Å². The van der Waals surface area contributed by atoms with Crippen molar-refractivity contribution in [2.24, 2.45) is 0 Å². The number of rotatable bonds is 3. The lowest BCUT2D eigenvalue weighted by Crippen LogP contribution is -2.27. The fourth-order valence-electron chi connectivity index (χ4n) is 3.57. The average Bonchev–Trinajstić information content (AvgIpc) is 2.97. The molecule has 0 bridgehead atoms. The van der Waals surface area contributed by atoms with Crippen molar-refractivity contribution < 1.29 is 23.0 Å². The first-order valence-electron chi connectivity index (χ1n) is 8.95. The van der Waals surface area contributed by atoms with Gasteiger partial charge in [0.1, 0.15) is 5.75 Å². The summed E-state index contributed by atoms with van der Waals surface area (Å²) in [4.78, 5) is 18.9. The van der Waals surface area contributed by atoms with Crippen molar-refractivity contribution in [2.75, 3.05) is 0 Å². The van der Waals surface area contributed by atoms with E-state index in [4.69, 9.17) is 4.74 Å². The number of aromatic amines is 1. The van der Waals surface area contributed by atoms with E-state index < -0.39 is 11.7 Å². The monoisotopic (exact) mass is 393 g/mol. The molecule has 2 aromatic heterocycles. The molecule has 3 aromatic rings. The highest BCUT2D eigenvalue weighted by molar-refractivity contribution is 5.77. The number of imidazole rings is 1. The minimum atomic E-state index is -4.46. The molecule has 2 N–H and O–H groups in total. The summed E-state index contributed by atoms with van der Waals surface area (Å²) in [5, 5.41) is 9.69. The maximum Gasteiger partial charge on any atom is 0.417 e. The van der Waals surface area contributed by atoms with E-state index in [-0.39, 0.29) is 23.7 Å². The smallest absolute Gasteiger partial charge is 0.417 e. The number of pyridine rings is 1. The third-order valence-electron chi connectivity index (χ3n) is 5.01. The first kappa shape index (κ1) is 18.5. The fraction of sp³-hybridized carbons (Fsp3) is 0.368. The van der Waals surface area contributed by atoms with E-state index in [2.05, 4.69) is 9.97 Å². The number of hydrogen-bond donors (Lipinski definition) is 2. The quantitative estimate of drug-likeness (QED) is 0.705. The molecule has 0 aliphatic heterocycles. The highest BCUT2D eigenvalue weighted by Crippen LogP contribution is 2.32.